The predicted octanol–water partition coefficient (Wildman–Crippen LogP) is 3.88. The van der Waals surface area contributed by atoms with Gasteiger partial charge in [-0.05, 0) is 31.2 Å². The van der Waals surface area contributed by atoms with E-state index in [1.807, 2.05) is 6.08 Å². The van der Waals surface area contributed by atoms with Crippen molar-refractivity contribution in [1.82, 2.24) is 0 Å². The number of hydrogen-bond acceptors (Lipinski definition) is 2. The standard InChI is InChI=1S/C12H17N3O/c1-11(14-15-13)10-16-9-5-8-12-6-3-2-4-7-12/h5-6,8H,1-4,7,9-10H2/b8-5+. The first-order chi connectivity index (χ1) is 7.83. The topological polar surface area (TPSA) is 58.0 Å². The first kappa shape index (κ1) is 12.6. The molecule has 0 saturated carbocycles. The lowest BCUT2D eigenvalue weighted by atomic mass is 9.99. The second-order valence-electron chi connectivity index (χ2n) is 3.70. The molecule has 1 aliphatic carbocycles. The van der Waals surface area contributed by atoms with Crippen molar-refractivity contribution in [3.05, 3.63) is 46.5 Å². The smallest absolute Gasteiger partial charge is 0.0740 e. The normalized spacial score (nSPS) is 15.6. The molecular formula is C12H17N3O. The molecule has 0 N–H and O–H groups in total. The van der Waals surface area contributed by atoms with Crippen molar-refractivity contribution in [2.24, 2.45) is 5.11 Å². The number of rotatable bonds is 6. The Morgan fingerprint density at radius 2 is 2.50 bits per heavy atom. The fourth-order valence-electron chi connectivity index (χ4n) is 1.55. The van der Waals surface area contributed by atoms with Gasteiger partial charge >= 0.3 is 0 Å². The summed E-state index contributed by atoms with van der Waals surface area (Å²) in [7, 11) is 0. The number of hydrogen-bond donors (Lipinski definition) is 0. The first-order valence-corrected chi connectivity index (χ1v) is 5.49. The largest absolute Gasteiger partial charge is 0.373 e. The number of nitrogens with zero attached hydrogens (tertiary/aromatic N) is 3. The van der Waals surface area contributed by atoms with Crippen LogP contribution in [0.1, 0.15) is 25.7 Å². The number of allylic oxidation sites excluding steroid dienone is 3. The van der Waals surface area contributed by atoms with Crippen LogP contribution >= 0.6 is 0 Å². The van der Waals surface area contributed by atoms with Gasteiger partial charge in [-0.15, -0.1) is 0 Å². The number of azide groups is 1. The van der Waals surface area contributed by atoms with Crippen molar-refractivity contribution in [2.45, 2.75) is 25.7 Å². The molecule has 1 aliphatic rings. The highest BCUT2D eigenvalue weighted by atomic mass is 16.5. The lowest BCUT2D eigenvalue weighted by Crippen LogP contribution is -1.95. The molecule has 0 spiro atoms. The third-order valence-electron chi connectivity index (χ3n) is 2.33. The fourth-order valence-corrected chi connectivity index (χ4v) is 1.55. The van der Waals surface area contributed by atoms with E-state index in [4.69, 9.17) is 10.3 Å². The summed E-state index contributed by atoms with van der Waals surface area (Å²) in [5.74, 6) is 0. The maximum Gasteiger partial charge on any atom is 0.0740 e. The molecule has 0 radical (unpaired) electrons. The summed E-state index contributed by atoms with van der Waals surface area (Å²) in [5, 5.41) is 3.34. The van der Waals surface area contributed by atoms with Crippen LogP contribution in [0.5, 0.6) is 0 Å². The second-order valence-corrected chi connectivity index (χ2v) is 3.70. The van der Waals surface area contributed by atoms with Gasteiger partial charge in [-0.25, -0.2) is 0 Å². The van der Waals surface area contributed by atoms with Crippen molar-refractivity contribution in [1.29, 1.82) is 0 Å². The highest BCUT2D eigenvalue weighted by Gasteiger charge is 1.98. The summed E-state index contributed by atoms with van der Waals surface area (Å²) in [4.78, 5) is 2.63. The minimum Gasteiger partial charge on any atom is -0.373 e. The third-order valence-corrected chi connectivity index (χ3v) is 2.33. The maximum absolute atomic E-state index is 8.13. The van der Waals surface area contributed by atoms with Gasteiger partial charge in [0.25, 0.3) is 0 Å². The predicted molar refractivity (Wildman–Crippen MR) is 64.8 cm³/mol. The van der Waals surface area contributed by atoms with Gasteiger partial charge in [-0.2, -0.15) is 0 Å². The molecule has 0 atom stereocenters. The van der Waals surface area contributed by atoms with Crippen molar-refractivity contribution in [3.63, 3.8) is 0 Å². The lowest BCUT2D eigenvalue weighted by Gasteiger charge is -2.08. The van der Waals surface area contributed by atoms with E-state index in [0.717, 1.165) is 0 Å². The van der Waals surface area contributed by atoms with Crippen molar-refractivity contribution in [3.8, 4) is 0 Å². The van der Waals surface area contributed by atoms with E-state index in [9.17, 15) is 0 Å². The molecule has 16 heavy (non-hydrogen) atoms. The Morgan fingerprint density at radius 1 is 1.62 bits per heavy atom. The highest BCUT2D eigenvalue weighted by Crippen LogP contribution is 2.17. The van der Waals surface area contributed by atoms with Gasteiger partial charge in [0, 0.05) is 10.6 Å². The van der Waals surface area contributed by atoms with E-state index in [-0.39, 0.29) is 6.61 Å². The minimum absolute atomic E-state index is 0.285. The molecule has 4 heteroatoms. The van der Waals surface area contributed by atoms with Crippen LogP contribution in [0.2, 0.25) is 0 Å². The Labute approximate surface area is 95.9 Å². The molecule has 86 valence electrons. The van der Waals surface area contributed by atoms with Gasteiger partial charge < -0.3 is 4.74 Å². The monoisotopic (exact) mass is 219 g/mol. The fraction of sp³-hybridized carbons (Fsp3) is 0.500. The Bertz CT molecular complexity index is 338. The maximum atomic E-state index is 8.13. The molecule has 0 heterocycles. The Balaban J connectivity index is 2.15. The van der Waals surface area contributed by atoms with Crippen LogP contribution in [0.3, 0.4) is 0 Å². The van der Waals surface area contributed by atoms with E-state index >= 15 is 0 Å². The quantitative estimate of drug-likeness (QED) is 0.289. The van der Waals surface area contributed by atoms with E-state index < -0.39 is 0 Å². The summed E-state index contributed by atoms with van der Waals surface area (Å²) in [6, 6.07) is 0. The first-order valence-electron chi connectivity index (χ1n) is 5.49. The van der Waals surface area contributed by atoms with Crippen molar-refractivity contribution < 1.29 is 4.74 Å². The minimum atomic E-state index is 0.285. The van der Waals surface area contributed by atoms with Crippen LogP contribution in [0, 0.1) is 0 Å². The van der Waals surface area contributed by atoms with E-state index in [1.165, 1.54) is 31.3 Å². The summed E-state index contributed by atoms with van der Waals surface area (Å²) in [6.45, 7) is 4.36. The summed E-state index contributed by atoms with van der Waals surface area (Å²) >= 11 is 0. The zero-order valence-corrected chi connectivity index (χ0v) is 9.43. The van der Waals surface area contributed by atoms with Crippen LogP contribution in [-0.2, 0) is 4.74 Å². The average molecular weight is 219 g/mol. The van der Waals surface area contributed by atoms with E-state index in [2.05, 4.69) is 28.8 Å². The average Bonchev–Trinajstić information content (AvgIpc) is 2.30. The van der Waals surface area contributed by atoms with Gasteiger partial charge in [0.05, 0.1) is 13.2 Å². The summed E-state index contributed by atoms with van der Waals surface area (Å²) in [5.41, 5.74) is 9.93. The molecule has 0 aliphatic heterocycles. The molecule has 1 rings (SSSR count). The highest BCUT2D eigenvalue weighted by molar-refractivity contribution is 5.20. The van der Waals surface area contributed by atoms with Crippen molar-refractivity contribution >= 4 is 0 Å². The molecule has 0 unspecified atom stereocenters. The zero-order valence-electron chi connectivity index (χ0n) is 9.43. The lowest BCUT2D eigenvalue weighted by molar-refractivity contribution is 0.186. The molecule has 0 bridgehead atoms. The molecule has 0 aromatic carbocycles. The molecular weight excluding hydrogens is 202 g/mol. The molecule has 0 fully saturated rings. The Hall–Kier alpha value is -1.51. The summed E-state index contributed by atoms with van der Waals surface area (Å²) in [6.07, 6.45) is 11.3. The Kier molecular flexibility index (Phi) is 6.07. The van der Waals surface area contributed by atoms with Gasteiger partial charge in [0.15, 0.2) is 0 Å². The molecule has 0 saturated heterocycles. The van der Waals surface area contributed by atoms with Crippen LogP contribution in [0.25, 0.3) is 10.4 Å². The van der Waals surface area contributed by atoms with Gasteiger partial charge in [-0.3, -0.25) is 0 Å². The zero-order chi connectivity index (χ0) is 11.6. The molecule has 0 aromatic heterocycles. The SMILES string of the molecule is C=C(COC/C=C/C1=CCCCC1)N=[N+]=[N-]. The van der Waals surface area contributed by atoms with Crippen LogP contribution in [-0.4, -0.2) is 13.2 Å². The van der Waals surface area contributed by atoms with Crippen LogP contribution in [0.15, 0.2) is 41.2 Å². The summed E-state index contributed by atoms with van der Waals surface area (Å²) < 4.78 is 5.26. The van der Waals surface area contributed by atoms with Crippen LogP contribution < -0.4 is 0 Å². The van der Waals surface area contributed by atoms with Crippen molar-refractivity contribution in [2.75, 3.05) is 13.2 Å². The molecule has 0 aromatic rings. The third kappa shape index (κ3) is 5.39. The van der Waals surface area contributed by atoms with Gasteiger partial charge in [0.1, 0.15) is 0 Å². The Morgan fingerprint density at radius 3 is 3.19 bits per heavy atom. The van der Waals surface area contributed by atoms with E-state index in [1.54, 1.807) is 0 Å². The van der Waals surface area contributed by atoms with Crippen LogP contribution in [0.4, 0.5) is 0 Å². The molecule has 4 nitrogen and oxygen atoms in total. The second kappa shape index (κ2) is 7.74. The van der Waals surface area contributed by atoms with Gasteiger partial charge in [0.2, 0.25) is 0 Å². The van der Waals surface area contributed by atoms with E-state index in [0.29, 0.717) is 12.3 Å². The molecule has 0 amide bonds. The number of ether oxygens (including phenoxy) is 1. The van der Waals surface area contributed by atoms with Gasteiger partial charge in [-0.1, -0.05) is 35.5 Å².